The minimum absolute atomic E-state index is 0.141. The van der Waals surface area contributed by atoms with Gasteiger partial charge in [0.2, 0.25) is 0 Å². The fraction of sp³-hybridized carbons (Fsp3) is 0.182. The van der Waals surface area contributed by atoms with Gasteiger partial charge in [0.25, 0.3) is 5.91 Å². The van der Waals surface area contributed by atoms with Gasteiger partial charge in [0.15, 0.2) is 0 Å². The van der Waals surface area contributed by atoms with E-state index in [-0.39, 0.29) is 5.91 Å². The van der Waals surface area contributed by atoms with Crippen molar-refractivity contribution in [1.29, 1.82) is 0 Å². The standard InChI is InChI=1S/C11H11NO2/c1-14-12-10-7-3-2-5-9(10)6-4-8-11(12)13/h2-5,7-8H,6H2,1H3. The Hall–Kier alpha value is -1.61. The second kappa shape index (κ2) is 3.64. The minimum Gasteiger partial charge on any atom is -0.269 e. The first-order valence-corrected chi connectivity index (χ1v) is 4.45. The Kier molecular flexibility index (Phi) is 2.33. The van der Waals surface area contributed by atoms with Crippen molar-refractivity contribution < 1.29 is 9.63 Å². The van der Waals surface area contributed by atoms with Gasteiger partial charge in [-0.25, -0.2) is 0 Å². The summed E-state index contributed by atoms with van der Waals surface area (Å²) in [5.74, 6) is -0.141. The highest BCUT2D eigenvalue weighted by molar-refractivity contribution is 6.01. The number of benzene rings is 1. The van der Waals surface area contributed by atoms with Gasteiger partial charge in [-0.3, -0.25) is 9.63 Å². The van der Waals surface area contributed by atoms with Crippen molar-refractivity contribution in [3.05, 3.63) is 42.0 Å². The van der Waals surface area contributed by atoms with Crippen molar-refractivity contribution >= 4 is 11.6 Å². The van der Waals surface area contributed by atoms with Crippen molar-refractivity contribution in [1.82, 2.24) is 0 Å². The molecule has 3 heteroatoms. The number of fused-ring (bicyclic) bond motifs is 1. The van der Waals surface area contributed by atoms with E-state index in [0.29, 0.717) is 0 Å². The number of carbonyl (C=O) groups is 1. The molecule has 14 heavy (non-hydrogen) atoms. The molecule has 2 rings (SSSR count). The number of hydrogen-bond donors (Lipinski definition) is 0. The summed E-state index contributed by atoms with van der Waals surface area (Å²) < 4.78 is 0. The third-order valence-electron chi connectivity index (χ3n) is 2.19. The quantitative estimate of drug-likeness (QED) is 0.672. The summed E-state index contributed by atoms with van der Waals surface area (Å²) in [5.41, 5.74) is 1.92. The van der Waals surface area contributed by atoms with Crippen LogP contribution in [-0.4, -0.2) is 13.0 Å². The number of allylic oxidation sites excluding steroid dienone is 1. The third-order valence-corrected chi connectivity index (χ3v) is 2.19. The van der Waals surface area contributed by atoms with E-state index in [4.69, 9.17) is 4.84 Å². The first-order valence-electron chi connectivity index (χ1n) is 4.45. The lowest BCUT2D eigenvalue weighted by molar-refractivity contribution is -0.120. The van der Waals surface area contributed by atoms with Gasteiger partial charge in [-0.2, -0.15) is 5.06 Å². The van der Waals surface area contributed by atoms with E-state index in [1.54, 1.807) is 0 Å². The number of hydrogen-bond acceptors (Lipinski definition) is 2. The van der Waals surface area contributed by atoms with Gasteiger partial charge in [-0.05, 0) is 18.1 Å². The van der Waals surface area contributed by atoms with Crippen LogP contribution in [0.1, 0.15) is 5.56 Å². The molecule has 1 amide bonds. The molecule has 1 aliphatic heterocycles. The Balaban J connectivity index is 2.50. The summed E-state index contributed by atoms with van der Waals surface area (Å²) in [6.07, 6.45) is 4.14. The van der Waals surface area contributed by atoms with Crippen molar-refractivity contribution in [2.45, 2.75) is 6.42 Å². The Bertz CT molecular complexity index is 385. The average Bonchev–Trinajstić information content (AvgIpc) is 2.36. The molecule has 0 atom stereocenters. The molecule has 1 aromatic rings. The van der Waals surface area contributed by atoms with Crippen LogP contribution in [0.25, 0.3) is 0 Å². The van der Waals surface area contributed by atoms with Crippen LogP contribution in [0, 0.1) is 0 Å². The Morgan fingerprint density at radius 2 is 2.14 bits per heavy atom. The van der Waals surface area contributed by atoms with Crippen molar-refractivity contribution in [3.8, 4) is 0 Å². The van der Waals surface area contributed by atoms with Crippen LogP contribution in [0.5, 0.6) is 0 Å². The summed E-state index contributed by atoms with van der Waals surface area (Å²) >= 11 is 0. The normalized spacial score (nSPS) is 15.2. The van der Waals surface area contributed by atoms with Crippen LogP contribution in [-0.2, 0) is 16.1 Å². The van der Waals surface area contributed by atoms with Crippen LogP contribution >= 0.6 is 0 Å². The van der Waals surface area contributed by atoms with Crippen LogP contribution in [0.15, 0.2) is 36.4 Å². The molecule has 0 unspecified atom stereocenters. The lowest BCUT2D eigenvalue weighted by Crippen LogP contribution is -2.27. The zero-order valence-electron chi connectivity index (χ0n) is 7.93. The topological polar surface area (TPSA) is 29.5 Å². The summed E-state index contributed by atoms with van der Waals surface area (Å²) in [7, 11) is 1.49. The van der Waals surface area contributed by atoms with Crippen molar-refractivity contribution in [3.63, 3.8) is 0 Å². The molecule has 0 N–H and O–H groups in total. The maximum absolute atomic E-state index is 11.5. The highest BCUT2D eigenvalue weighted by Gasteiger charge is 2.17. The largest absolute Gasteiger partial charge is 0.274 e. The molecule has 0 radical (unpaired) electrons. The maximum Gasteiger partial charge on any atom is 0.274 e. The number of nitrogens with zero attached hydrogens (tertiary/aromatic N) is 1. The molecule has 1 aliphatic rings. The maximum atomic E-state index is 11.5. The molecular formula is C11H11NO2. The smallest absolute Gasteiger partial charge is 0.269 e. The van der Waals surface area contributed by atoms with E-state index in [0.717, 1.165) is 17.7 Å². The van der Waals surface area contributed by atoms with Gasteiger partial charge >= 0.3 is 0 Å². The molecule has 0 fully saturated rings. The van der Waals surface area contributed by atoms with Crippen LogP contribution < -0.4 is 5.06 Å². The van der Waals surface area contributed by atoms with E-state index in [2.05, 4.69) is 0 Å². The van der Waals surface area contributed by atoms with Gasteiger partial charge in [-0.1, -0.05) is 24.3 Å². The second-order valence-corrected chi connectivity index (χ2v) is 3.05. The molecule has 72 valence electrons. The third kappa shape index (κ3) is 1.42. The van der Waals surface area contributed by atoms with Crippen molar-refractivity contribution in [2.75, 3.05) is 12.2 Å². The molecule has 0 aliphatic carbocycles. The second-order valence-electron chi connectivity index (χ2n) is 3.05. The molecule has 0 saturated carbocycles. The first-order chi connectivity index (χ1) is 6.83. The predicted octanol–water partition coefficient (Wildman–Crippen LogP) is 1.69. The molecule has 0 aromatic heterocycles. The lowest BCUT2D eigenvalue weighted by atomic mass is 10.1. The van der Waals surface area contributed by atoms with Crippen molar-refractivity contribution in [2.24, 2.45) is 0 Å². The molecule has 0 saturated heterocycles. The van der Waals surface area contributed by atoms with E-state index in [1.807, 2.05) is 30.3 Å². The Morgan fingerprint density at radius 1 is 1.36 bits per heavy atom. The average molecular weight is 189 g/mol. The number of rotatable bonds is 1. The van der Waals surface area contributed by atoms with Gasteiger partial charge < -0.3 is 0 Å². The molecule has 0 spiro atoms. The zero-order valence-corrected chi connectivity index (χ0v) is 7.93. The zero-order chi connectivity index (χ0) is 9.97. The van der Waals surface area contributed by atoms with Gasteiger partial charge in [0.05, 0.1) is 12.8 Å². The van der Waals surface area contributed by atoms with E-state index in [1.165, 1.54) is 18.2 Å². The molecule has 3 nitrogen and oxygen atoms in total. The number of anilines is 1. The van der Waals surface area contributed by atoms with E-state index in [9.17, 15) is 4.79 Å². The van der Waals surface area contributed by atoms with Crippen LogP contribution in [0.3, 0.4) is 0 Å². The molecule has 0 bridgehead atoms. The fourth-order valence-corrected chi connectivity index (χ4v) is 1.54. The van der Waals surface area contributed by atoms with Crippen LogP contribution in [0.2, 0.25) is 0 Å². The predicted molar refractivity (Wildman–Crippen MR) is 53.8 cm³/mol. The SMILES string of the molecule is CON1C(=O)C=CCc2ccccc21. The fourth-order valence-electron chi connectivity index (χ4n) is 1.54. The molecular weight excluding hydrogens is 178 g/mol. The highest BCUT2D eigenvalue weighted by atomic mass is 16.7. The summed E-state index contributed by atoms with van der Waals surface area (Å²) in [6, 6.07) is 7.72. The van der Waals surface area contributed by atoms with Gasteiger partial charge in [-0.15, -0.1) is 0 Å². The summed E-state index contributed by atoms with van der Waals surface area (Å²) in [6.45, 7) is 0. The summed E-state index contributed by atoms with van der Waals surface area (Å²) in [4.78, 5) is 16.6. The molecule has 1 aromatic carbocycles. The number of para-hydroxylation sites is 1. The van der Waals surface area contributed by atoms with E-state index >= 15 is 0 Å². The number of hydroxylamine groups is 1. The number of amides is 1. The number of carbonyl (C=O) groups excluding carboxylic acids is 1. The van der Waals surface area contributed by atoms with Gasteiger partial charge in [0, 0.05) is 6.08 Å². The monoisotopic (exact) mass is 189 g/mol. The lowest BCUT2D eigenvalue weighted by Gasteiger charge is -2.18. The summed E-state index contributed by atoms with van der Waals surface area (Å²) in [5, 5.41) is 1.30. The van der Waals surface area contributed by atoms with Crippen LogP contribution in [0.4, 0.5) is 5.69 Å². The first kappa shape index (κ1) is 8.97. The highest BCUT2D eigenvalue weighted by Crippen LogP contribution is 2.23. The van der Waals surface area contributed by atoms with E-state index < -0.39 is 0 Å². The molecule has 1 heterocycles. The van der Waals surface area contributed by atoms with Gasteiger partial charge in [0.1, 0.15) is 0 Å². The Labute approximate surface area is 82.5 Å². The Morgan fingerprint density at radius 3 is 2.93 bits per heavy atom. The minimum atomic E-state index is -0.141.